The van der Waals surface area contributed by atoms with Crippen molar-refractivity contribution in [3.63, 3.8) is 0 Å². The summed E-state index contributed by atoms with van der Waals surface area (Å²) in [4.78, 5) is 13.7. The monoisotopic (exact) mass is 300 g/mol. The number of nitrogens with one attached hydrogen (secondary N) is 1. The van der Waals surface area contributed by atoms with Crippen molar-refractivity contribution < 1.29 is 4.79 Å². The van der Waals surface area contributed by atoms with Crippen LogP contribution in [-0.4, -0.2) is 18.5 Å². The Kier molecular flexibility index (Phi) is 4.87. The molecule has 2 aliphatic rings. The van der Waals surface area contributed by atoms with Crippen molar-refractivity contribution in [2.75, 3.05) is 6.54 Å². The van der Waals surface area contributed by atoms with Crippen LogP contribution < -0.4 is 11.1 Å². The van der Waals surface area contributed by atoms with Gasteiger partial charge in [-0.2, -0.15) is 0 Å². The molecule has 0 aromatic carbocycles. The van der Waals surface area contributed by atoms with Crippen LogP contribution in [0.3, 0.4) is 0 Å². The molecule has 1 aromatic heterocycles. The van der Waals surface area contributed by atoms with E-state index in [0.717, 1.165) is 18.4 Å². The molecule has 0 spiro atoms. The van der Waals surface area contributed by atoms with E-state index in [9.17, 15) is 4.79 Å². The summed E-state index contributed by atoms with van der Waals surface area (Å²) in [6.07, 6.45) is 7.12. The number of hydrogen-bond donors (Lipinski definition) is 2. The number of thiophene rings is 1. The van der Waals surface area contributed by atoms with Crippen LogP contribution in [-0.2, 0) is 12.8 Å². The highest BCUT2D eigenvalue weighted by molar-refractivity contribution is 7.10. The molecule has 1 fully saturated rings. The summed E-state index contributed by atoms with van der Waals surface area (Å²) >= 11 is 1.75. The minimum absolute atomic E-state index is 0. The largest absolute Gasteiger partial charge is 0.348 e. The summed E-state index contributed by atoms with van der Waals surface area (Å²) in [6.45, 7) is 0.558. The summed E-state index contributed by atoms with van der Waals surface area (Å²) in [6, 6.07) is 0.177. The molecule has 0 saturated heterocycles. The maximum Gasteiger partial charge on any atom is 0.252 e. The molecule has 19 heavy (non-hydrogen) atoms. The van der Waals surface area contributed by atoms with Crippen LogP contribution in [0.1, 0.15) is 46.5 Å². The summed E-state index contributed by atoms with van der Waals surface area (Å²) in [5, 5.41) is 5.16. The number of carbonyl (C=O) groups is 1. The number of hydrogen-bond acceptors (Lipinski definition) is 3. The predicted octanol–water partition coefficient (Wildman–Crippen LogP) is 2.52. The maximum atomic E-state index is 12.3. The Bertz CT molecular complexity index is 456. The first-order valence-corrected chi connectivity index (χ1v) is 7.77. The average Bonchev–Trinajstić information content (AvgIpc) is 3.14. The van der Waals surface area contributed by atoms with Crippen LogP contribution in [0.2, 0.25) is 0 Å². The second-order valence-corrected chi connectivity index (χ2v) is 6.38. The van der Waals surface area contributed by atoms with Crippen molar-refractivity contribution in [3.05, 3.63) is 21.4 Å². The summed E-state index contributed by atoms with van der Waals surface area (Å²) in [7, 11) is 0. The van der Waals surface area contributed by atoms with E-state index < -0.39 is 0 Å². The van der Waals surface area contributed by atoms with Gasteiger partial charge in [0.05, 0.1) is 5.56 Å². The van der Waals surface area contributed by atoms with Crippen molar-refractivity contribution >= 4 is 29.7 Å². The fraction of sp³-hybridized carbons (Fsp3) is 0.643. The van der Waals surface area contributed by atoms with Gasteiger partial charge in [-0.15, -0.1) is 23.7 Å². The molecular weight excluding hydrogens is 280 g/mol. The van der Waals surface area contributed by atoms with Crippen molar-refractivity contribution in [3.8, 4) is 0 Å². The third-order valence-corrected chi connectivity index (χ3v) is 5.16. The molecule has 3 rings (SSSR count). The Balaban J connectivity index is 0.00000133. The first-order valence-electron chi connectivity index (χ1n) is 6.89. The second kappa shape index (κ2) is 6.25. The maximum absolute atomic E-state index is 12.3. The van der Waals surface area contributed by atoms with Gasteiger partial charge in [-0.25, -0.2) is 0 Å². The fourth-order valence-corrected chi connectivity index (χ4v) is 3.92. The Morgan fingerprint density at radius 3 is 2.84 bits per heavy atom. The Morgan fingerprint density at radius 1 is 1.42 bits per heavy atom. The summed E-state index contributed by atoms with van der Waals surface area (Å²) in [5.74, 6) is 0.713. The lowest BCUT2D eigenvalue weighted by molar-refractivity contribution is 0.0933. The molecule has 0 bridgehead atoms. The van der Waals surface area contributed by atoms with E-state index in [0.29, 0.717) is 12.5 Å². The van der Waals surface area contributed by atoms with Gasteiger partial charge < -0.3 is 11.1 Å². The summed E-state index contributed by atoms with van der Waals surface area (Å²) in [5.41, 5.74) is 7.95. The normalized spacial score (nSPS) is 19.2. The van der Waals surface area contributed by atoms with E-state index in [1.54, 1.807) is 11.3 Å². The number of carbonyl (C=O) groups excluding carboxylic acids is 1. The van der Waals surface area contributed by atoms with Crippen molar-refractivity contribution in [1.82, 2.24) is 5.32 Å². The third kappa shape index (κ3) is 3.12. The van der Waals surface area contributed by atoms with Gasteiger partial charge in [0, 0.05) is 22.8 Å². The van der Waals surface area contributed by atoms with Gasteiger partial charge in [0.25, 0.3) is 5.91 Å². The molecule has 1 amide bonds. The molecule has 0 aliphatic heterocycles. The lowest BCUT2D eigenvalue weighted by Gasteiger charge is -2.17. The zero-order valence-electron chi connectivity index (χ0n) is 11.0. The van der Waals surface area contributed by atoms with Crippen LogP contribution >= 0.6 is 23.7 Å². The SMILES string of the molecule is Cl.NCC(NC(=O)c1csc2c1CCCC2)C1CC1. The predicted molar refractivity (Wildman–Crippen MR) is 81.2 cm³/mol. The van der Waals surface area contributed by atoms with Gasteiger partial charge >= 0.3 is 0 Å². The number of aryl methyl sites for hydroxylation is 1. The Morgan fingerprint density at radius 2 is 2.16 bits per heavy atom. The zero-order chi connectivity index (χ0) is 12.5. The highest BCUT2D eigenvalue weighted by Crippen LogP contribution is 2.33. The quantitative estimate of drug-likeness (QED) is 0.898. The first kappa shape index (κ1) is 14.8. The Hall–Kier alpha value is -0.580. The number of nitrogens with two attached hydrogens (primary N) is 1. The highest BCUT2D eigenvalue weighted by Gasteiger charge is 2.32. The minimum Gasteiger partial charge on any atom is -0.348 e. The molecule has 0 radical (unpaired) electrons. The van der Waals surface area contributed by atoms with Gasteiger partial charge in [-0.05, 0) is 50.0 Å². The molecule has 5 heteroatoms. The van der Waals surface area contributed by atoms with E-state index in [2.05, 4.69) is 5.32 Å². The summed E-state index contributed by atoms with van der Waals surface area (Å²) < 4.78 is 0. The molecule has 3 nitrogen and oxygen atoms in total. The third-order valence-electron chi connectivity index (χ3n) is 4.07. The topological polar surface area (TPSA) is 55.1 Å². The molecular formula is C14H21ClN2OS. The fourth-order valence-electron chi connectivity index (χ4n) is 2.80. The standard InChI is InChI=1S/C14H20N2OS.ClH/c15-7-12(9-5-6-9)16-14(17)11-8-18-13-4-2-1-3-10(11)13;/h8-9,12H,1-7,15H2,(H,16,17);1H. The van der Waals surface area contributed by atoms with Crippen molar-refractivity contribution in [1.29, 1.82) is 0 Å². The molecule has 1 aromatic rings. The molecule has 1 unspecified atom stereocenters. The molecule has 1 atom stereocenters. The van der Waals surface area contributed by atoms with Gasteiger partial charge in [0.15, 0.2) is 0 Å². The number of halogens is 1. The van der Waals surface area contributed by atoms with Crippen molar-refractivity contribution in [2.45, 2.75) is 44.6 Å². The molecule has 3 N–H and O–H groups in total. The first-order chi connectivity index (χ1) is 8.79. The average molecular weight is 301 g/mol. The minimum atomic E-state index is 0. The van der Waals surface area contributed by atoms with Crippen molar-refractivity contribution in [2.24, 2.45) is 11.7 Å². The van der Waals surface area contributed by atoms with Crippen LogP contribution in [0, 0.1) is 5.92 Å². The second-order valence-electron chi connectivity index (χ2n) is 5.41. The lowest BCUT2D eigenvalue weighted by atomic mass is 9.95. The smallest absolute Gasteiger partial charge is 0.252 e. The number of rotatable bonds is 4. The van der Waals surface area contributed by atoms with E-state index in [1.807, 2.05) is 5.38 Å². The molecule has 106 valence electrons. The van der Waals surface area contributed by atoms with Gasteiger partial charge in [-0.3, -0.25) is 4.79 Å². The molecule has 1 saturated carbocycles. The van der Waals surface area contributed by atoms with Gasteiger partial charge in [0.1, 0.15) is 0 Å². The van der Waals surface area contributed by atoms with Crippen LogP contribution in [0.15, 0.2) is 5.38 Å². The van der Waals surface area contributed by atoms with Crippen LogP contribution in [0.25, 0.3) is 0 Å². The van der Waals surface area contributed by atoms with Crippen LogP contribution in [0.4, 0.5) is 0 Å². The van der Waals surface area contributed by atoms with Gasteiger partial charge in [0.2, 0.25) is 0 Å². The lowest BCUT2D eigenvalue weighted by Crippen LogP contribution is -2.41. The number of amides is 1. The van der Waals surface area contributed by atoms with E-state index in [-0.39, 0.29) is 24.4 Å². The molecule has 1 heterocycles. The highest BCUT2D eigenvalue weighted by atomic mass is 35.5. The number of fused-ring (bicyclic) bond motifs is 1. The van der Waals surface area contributed by atoms with E-state index in [1.165, 1.54) is 36.1 Å². The Labute approximate surface area is 124 Å². The zero-order valence-corrected chi connectivity index (χ0v) is 12.6. The van der Waals surface area contributed by atoms with E-state index in [4.69, 9.17) is 5.73 Å². The van der Waals surface area contributed by atoms with Crippen LogP contribution in [0.5, 0.6) is 0 Å². The van der Waals surface area contributed by atoms with E-state index >= 15 is 0 Å². The van der Waals surface area contributed by atoms with Gasteiger partial charge in [-0.1, -0.05) is 0 Å². The molecule has 2 aliphatic carbocycles.